The number of amides is 2. The van der Waals surface area contributed by atoms with Crippen LogP contribution in [0.3, 0.4) is 0 Å². The lowest BCUT2D eigenvalue weighted by atomic mass is 9.73. The average Bonchev–Trinajstić information content (AvgIpc) is 2.65. The van der Waals surface area contributed by atoms with E-state index in [-0.39, 0.29) is 29.2 Å². The Balaban J connectivity index is 1.66. The molecule has 148 valence electrons. The van der Waals surface area contributed by atoms with Crippen molar-refractivity contribution in [1.82, 2.24) is 9.80 Å². The van der Waals surface area contributed by atoms with Crippen molar-refractivity contribution in [3.8, 4) is 0 Å². The highest BCUT2D eigenvalue weighted by Gasteiger charge is 2.42. The molecule has 5 nitrogen and oxygen atoms in total. The van der Waals surface area contributed by atoms with Crippen LogP contribution in [-0.4, -0.2) is 61.5 Å². The number of benzene rings is 1. The SMILES string of the molecule is COCCN1C[C@@]2(CCCN(C(=O)Cc3ccc(F)cc3F)C2)CCC1=O. The quantitative estimate of drug-likeness (QED) is 0.788. The molecular formula is C20H26F2N2O3. The molecule has 0 aliphatic carbocycles. The molecule has 0 radical (unpaired) electrons. The smallest absolute Gasteiger partial charge is 0.227 e. The van der Waals surface area contributed by atoms with Gasteiger partial charge in [0.25, 0.3) is 0 Å². The first-order valence-electron chi connectivity index (χ1n) is 9.41. The Bertz CT molecular complexity index is 712. The van der Waals surface area contributed by atoms with Crippen molar-refractivity contribution in [3.05, 3.63) is 35.4 Å². The number of ether oxygens (including phenoxy) is 1. The normalized spacial score (nSPS) is 23.1. The van der Waals surface area contributed by atoms with Gasteiger partial charge in [-0.15, -0.1) is 0 Å². The summed E-state index contributed by atoms with van der Waals surface area (Å²) in [5.41, 5.74) is 0.109. The zero-order valence-corrected chi connectivity index (χ0v) is 15.7. The van der Waals surface area contributed by atoms with Crippen LogP contribution >= 0.6 is 0 Å². The molecule has 1 aromatic carbocycles. The second kappa shape index (κ2) is 8.33. The van der Waals surface area contributed by atoms with Gasteiger partial charge in [0, 0.05) is 51.2 Å². The van der Waals surface area contributed by atoms with Crippen LogP contribution in [0.5, 0.6) is 0 Å². The zero-order valence-electron chi connectivity index (χ0n) is 15.7. The highest BCUT2D eigenvalue weighted by molar-refractivity contribution is 5.79. The van der Waals surface area contributed by atoms with Gasteiger partial charge in [0.05, 0.1) is 13.0 Å². The van der Waals surface area contributed by atoms with Gasteiger partial charge < -0.3 is 14.5 Å². The van der Waals surface area contributed by atoms with Gasteiger partial charge in [-0.25, -0.2) is 8.78 Å². The van der Waals surface area contributed by atoms with Gasteiger partial charge in [-0.2, -0.15) is 0 Å². The number of carbonyl (C=O) groups is 2. The minimum absolute atomic E-state index is 0.0749. The van der Waals surface area contributed by atoms with Crippen molar-refractivity contribution in [2.24, 2.45) is 5.41 Å². The van der Waals surface area contributed by atoms with Gasteiger partial charge >= 0.3 is 0 Å². The molecule has 27 heavy (non-hydrogen) atoms. The summed E-state index contributed by atoms with van der Waals surface area (Å²) < 4.78 is 32.0. The van der Waals surface area contributed by atoms with E-state index in [1.54, 1.807) is 12.0 Å². The van der Waals surface area contributed by atoms with E-state index in [9.17, 15) is 18.4 Å². The van der Waals surface area contributed by atoms with Crippen LogP contribution in [0.1, 0.15) is 31.2 Å². The number of nitrogens with zero attached hydrogens (tertiary/aromatic N) is 2. The standard InChI is InChI=1S/C20H26F2N2O3/c1-27-10-9-24-14-20(7-5-18(24)25)6-2-8-23(13-20)19(26)11-15-3-4-16(21)12-17(15)22/h3-4,12H,2,5-11,13-14H2,1H3/t20-/m0/s1. The minimum atomic E-state index is -0.691. The zero-order chi connectivity index (χ0) is 19.4. The van der Waals surface area contributed by atoms with Crippen molar-refractivity contribution < 1.29 is 23.1 Å². The summed E-state index contributed by atoms with van der Waals surface area (Å²) in [6.45, 7) is 2.89. The molecule has 2 aliphatic rings. The summed E-state index contributed by atoms with van der Waals surface area (Å²) in [6.07, 6.45) is 3.01. The Morgan fingerprint density at radius 3 is 2.81 bits per heavy atom. The maximum atomic E-state index is 13.9. The predicted octanol–water partition coefficient (Wildman–Crippen LogP) is 2.38. The van der Waals surface area contributed by atoms with Crippen LogP contribution in [0.2, 0.25) is 0 Å². The summed E-state index contributed by atoms with van der Waals surface area (Å²) in [7, 11) is 1.61. The van der Waals surface area contributed by atoms with Gasteiger partial charge in [0.15, 0.2) is 0 Å². The molecule has 0 bridgehead atoms. The molecule has 2 saturated heterocycles. The Morgan fingerprint density at radius 2 is 2.07 bits per heavy atom. The van der Waals surface area contributed by atoms with E-state index in [1.807, 2.05) is 4.90 Å². The lowest BCUT2D eigenvalue weighted by Gasteiger charge is -2.48. The summed E-state index contributed by atoms with van der Waals surface area (Å²) >= 11 is 0. The fourth-order valence-corrected chi connectivity index (χ4v) is 4.20. The van der Waals surface area contributed by atoms with Gasteiger partial charge in [-0.1, -0.05) is 6.07 Å². The van der Waals surface area contributed by atoms with E-state index in [4.69, 9.17) is 4.74 Å². The maximum absolute atomic E-state index is 13.9. The van der Waals surface area contributed by atoms with Crippen LogP contribution in [-0.2, 0) is 20.7 Å². The molecular weight excluding hydrogens is 354 g/mol. The molecule has 2 amide bonds. The van der Waals surface area contributed by atoms with Gasteiger partial charge in [0.2, 0.25) is 11.8 Å². The highest BCUT2D eigenvalue weighted by atomic mass is 19.1. The van der Waals surface area contributed by atoms with Crippen molar-refractivity contribution in [2.45, 2.75) is 32.1 Å². The molecule has 2 fully saturated rings. The number of halogens is 2. The van der Waals surface area contributed by atoms with Crippen LogP contribution in [0.4, 0.5) is 8.78 Å². The first-order chi connectivity index (χ1) is 12.9. The molecule has 2 aliphatic heterocycles. The first kappa shape index (κ1) is 19.7. The lowest BCUT2D eigenvalue weighted by Crippen LogP contribution is -2.55. The van der Waals surface area contributed by atoms with Crippen LogP contribution in [0.25, 0.3) is 0 Å². The molecule has 2 heterocycles. The number of piperidine rings is 2. The Morgan fingerprint density at radius 1 is 1.26 bits per heavy atom. The van der Waals surface area contributed by atoms with E-state index in [2.05, 4.69) is 0 Å². The lowest BCUT2D eigenvalue weighted by molar-refractivity contribution is -0.143. The predicted molar refractivity (Wildman–Crippen MR) is 96.0 cm³/mol. The molecule has 7 heteroatoms. The van der Waals surface area contributed by atoms with Crippen molar-refractivity contribution in [2.75, 3.05) is 39.9 Å². The molecule has 3 rings (SSSR count). The molecule has 0 unspecified atom stereocenters. The van der Waals surface area contributed by atoms with Gasteiger partial charge in [-0.05, 0) is 30.9 Å². The number of carbonyl (C=O) groups excluding carboxylic acids is 2. The fourth-order valence-electron chi connectivity index (χ4n) is 4.20. The molecule has 1 atom stereocenters. The van der Waals surface area contributed by atoms with Crippen molar-refractivity contribution >= 4 is 11.8 Å². The largest absolute Gasteiger partial charge is 0.383 e. The topological polar surface area (TPSA) is 49.9 Å². The van der Waals surface area contributed by atoms with Crippen LogP contribution < -0.4 is 0 Å². The van der Waals surface area contributed by atoms with Crippen molar-refractivity contribution in [3.63, 3.8) is 0 Å². The van der Waals surface area contributed by atoms with Gasteiger partial charge in [-0.3, -0.25) is 9.59 Å². The Hall–Kier alpha value is -2.02. The minimum Gasteiger partial charge on any atom is -0.383 e. The Kier molecular flexibility index (Phi) is 6.09. The van der Waals surface area contributed by atoms with E-state index in [0.717, 1.165) is 25.3 Å². The van der Waals surface area contributed by atoms with E-state index >= 15 is 0 Å². The molecule has 0 N–H and O–H groups in total. The van der Waals surface area contributed by atoms with Gasteiger partial charge in [0.1, 0.15) is 11.6 Å². The maximum Gasteiger partial charge on any atom is 0.227 e. The molecule has 1 spiro atoms. The summed E-state index contributed by atoms with van der Waals surface area (Å²) in [5.74, 6) is -1.36. The number of rotatable bonds is 5. The monoisotopic (exact) mass is 380 g/mol. The average molecular weight is 380 g/mol. The summed E-state index contributed by atoms with van der Waals surface area (Å²) in [6, 6.07) is 3.30. The number of hydrogen-bond donors (Lipinski definition) is 0. The Labute approximate surface area is 158 Å². The van der Waals surface area contributed by atoms with Crippen LogP contribution in [0.15, 0.2) is 18.2 Å². The number of hydrogen-bond acceptors (Lipinski definition) is 3. The van der Waals surface area contributed by atoms with Crippen LogP contribution in [0, 0.1) is 17.0 Å². The second-order valence-corrected chi connectivity index (χ2v) is 7.64. The fraction of sp³-hybridized carbons (Fsp3) is 0.600. The van der Waals surface area contributed by atoms with Crippen molar-refractivity contribution in [1.29, 1.82) is 0 Å². The third-order valence-corrected chi connectivity index (χ3v) is 5.68. The van der Waals surface area contributed by atoms with E-state index in [0.29, 0.717) is 39.2 Å². The molecule has 0 aromatic heterocycles. The third kappa shape index (κ3) is 4.64. The molecule has 0 saturated carbocycles. The third-order valence-electron chi connectivity index (χ3n) is 5.68. The summed E-state index contributed by atoms with van der Waals surface area (Å²) in [4.78, 5) is 28.5. The van der Waals surface area contributed by atoms with E-state index in [1.165, 1.54) is 12.1 Å². The number of methoxy groups -OCH3 is 1. The highest BCUT2D eigenvalue weighted by Crippen LogP contribution is 2.39. The number of likely N-dealkylation sites (tertiary alicyclic amines) is 2. The second-order valence-electron chi connectivity index (χ2n) is 7.64. The molecule has 1 aromatic rings. The summed E-state index contributed by atoms with van der Waals surface area (Å²) in [5, 5.41) is 0. The first-order valence-corrected chi connectivity index (χ1v) is 9.41. The van der Waals surface area contributed by atoms with E-state index < -0.39 is 11.6 Å².